The van der Waals surface area contributed by atoms with Gasteiger partial charge < -0.3 is 9.47 Å². The van der Waals surface area contributed by atoms with Gasteiger partial charge in [-0.1, -0.05) is 6.42 Å². The third kappa shape index (κ3) is 2.97. The van der Waals surface area contributed by atoms with Gasteiger partial charge in [0, 0.05) is 31.0 Å². The number of rotatable bonds is 2. The van der Waals surface area contributed by atoms with Crippen LogP contribution in [-0.4, -0.2) is 42.1 Å². The lowest BCUT2D eigenvalue weighted by Crippen LogP contribution is -2.56. The van der Waals surface area contributed by atoms with E-state index in [-0.39, 0.29) is 5.79 Å². The van der Waals surface area contributed by atoms with Crippen molar-refractivity contribution in [2.45, 2.75) is 82.7 Å². The van der Waals surface area contributed by atoms with Gasteiger partial charge in [-0.2, -0.15) is 0 Å². The number of hydrogen-bond acceptors (Lipinski definition) is 4. The van der Waals surface area contributed by atoms with Gasteiger partial charge in [0.05, 0.1) is 13.2 Å². The lowest BCUT2D eigenvalue weighted by Gasteiger charge is -2.44. The quantitative estimate of drug-likeness (QED) is 0.834. The van der Waals surface area contributed by atoms with Crippen LogP contribution in [-0.2, 0) is 9.47 Å². The molecule has 4 heteroatoms. The highest BCUT2D eigenvalue weighted by Crippen LogP contribution is 2.36. The van der Waals surface area contributed by atoms with Crippen LogP contribution in [0.5, 0.6) is 0 Å². The summed E-state index contributed by atoms with van der Waals surface area (Å²) in [6.07, 6.45) is 8.42. The Morgan fingerprint density at radius 3 is 2.11 bits per heavy atom. The standard InChI is InChI=1S/C15H28N2O2/c1-12-4-3-5-13(2)17(12)16-14-6-8-15(9-7-14)18-10-11-19-15/h12-14,16H,3-11H2,1-2H3. The molecular formula is C15H28N2O2. The van der Waals surface area contributed by atoms with Gasteiger partial charge in [-0.3, -0.25) is 5.43 Å². The molecule has 1 aliphatic carbocycles. The summed E-state index contributed by atoms with van der Waals surface area (Å²) in [5.41, 5.74) is 3.79. The SMILES string of the molecule is CC1CCCC(C)N1NC1CCC2(CC1)OCCO2. The van der Waals surface area contributed by atoms with E-state index in [0.29, 0.717) is 18.1 Å². The average molecular weight is 268 g/mol. The molecule has 0 amide bonds. The van der Waals surface area contributed by atoms with Gasteiger partial charge in [-0.25, -0.2) is 5.01 Å². The molecule has 1 spiro atoms. The minimum Gasteiger partial charge on any atom is -0.348 e. The first-order valence-electron chi connectivity index (χ1n) is 8.01. The zero-order valence-corrected chi connectivity index (χ0v) is 12.4. The van der Waals surface area contributed by atoms with Crippen molar-refractivity contribution in [1.82, 2.24) is 10.4 Å². The molecule has 2 aliphatic heterocycles. The molecule has 0 aromatic heterocycles. The zero-order chi connectivity index (χ0) is 13.3. The molecular weight excluding hydrogens is 240 g/mol. The molecule has 110 valence electrons. The van der Waals surface area contributed by atoms with Crippen LogP contribution in [0.25, 0.3) is 0 Å². The largest absolute Gasteiger partial charge is 0.348 e. The monoisotopic (exact) mass is 268 g/mol. The molecule has 0 aromatic rings. The van der Waals surface area contributed by atoms with Crippen molar-refractivity contribution in [2.75, 3.05) is 13.2 Å². The maximum absolute atomic E-state index is 5.80. The summed E-state index contributed by atoms with van der Waals surface area (Å²) in [6.45, 7) is 6.24. The first-order valence-corrected chi connectivity index (χ1v) is 8.01. The summed E-state index contributed by atoms with van der Waals surface area (Å²) >= 11 is 0. The van der Waals surface area contributed by atoms with Crippen LogP contribution in [0, 0.1) is 0 Å². The van der Waals surface area contributed by atoms with Crippen LogP contribution in [0.4, 0.5) is 0 Å². The van der Waals surface area contributed by atoms with Gasteiger partial charge in [0.1, 0.15) is 0 Å². The van der Waals surface area contributed by atoms with Crippen LogP contribution in [0.3, 0.4) is 0 Å². The second-order valence-corrected chi connectivity index (χ2v) is 6.55. The summed E-state index contributed by atoms with van der Waals surface area (Å²) in [7, 11) is 0. The Balaban J connectivity index is 1.51. The van der Waals surface area contributed by atoms with Crippen molar-refractivity contribution in [1.29, 1.82) is 0 Å². The molecule has 2 heterocycles. The van der Waals surface area contributed by atoms with E-state index in [4.69, 9.17) is 9.47 Å². The maximum Gasteiger partial charge on any atom is 0.168 e. The molecule has 0 aromatic carbocycles. The molecule has 2 atom stereocenters. The van der Waals surface area contributed by atoms with E-state index in [9.17, 15) is 0 Å². The Labute approximate surface area is 116 Å². The molecule has 0 bridgehead atoms. The normalized spacial score (nSPS) is 36.9. The molecule has 3 rings (SSSR count). The summed E-state index contributed by atoms with van der Waals surface area (Å²) in [5.74, 6) is -0.225. The third-order valence-electron chi connectivity index (χ3n) is 5.09. The molecule has 19 heavy (non-hydrogen) atoms. The highest BCUT2D eigenvalue weighted by Gasteiger charge is 2.41. The molecule has 3 fully saturated rings. The highest BCUT2D eigenvalue weighted by atomic mass is 16.7. The Morgan fingerprint density at radius 1 is 0.947 bits per heavy atom. The number of hydrazine groups is 1. The molecule has 1 saturated carbocycles. The third-order valence-corrected chi connectivity index (χ3v) is 5.09. The van der Waals surface area contributed by atoms with Crippen LogP contribution in [0.15, 0.2) is 0 Å². The van der Waals surface area contributed by atoms with E-state index in [1.807, 2.05) is 0 Å². The van der Waals surface area contributed by atoms with Crippen LogP contribution in [0.2, 0.25) is 0 Å². The number of ether oxygens (including phenoxy) is 2. The van der Waals surface area contributed by atoms with E-state index in [1.165, 1.54) is 19.3 Å². The van der Waals surface area contributed by atoms with Crippen LogP contribution in [0.1, 0.15) is 58.8 Å². The average Bonchev–Trinajstić information content (AvgIpc) is 2.85. The van der Waals surface area contributed by atoms with Crippen molar-refractivity contribution in [2.24, 2.45) is 0 Å². The molecule has 0 radical (unpaired) electrons. The Morgan fingerprint density at radius 2 is 1.53 bits per heavy atom. The highest BCUT2D eigenvalue weighted by molar-refractivity contribution is 4.87. The first kappa shape index (κ1) is 13.8. The summed E-state index contributed by atoms with van der Waals surface area (Å²) in [6, 6.07) is 1.93. The minimum absolute atomic E-state index is 0.225. The van der Waals surface area contributed by atoms with E-state index < -0.39 is 0 Å². The molecule has 1 N–H and O–H groups in total. The fourth-order valence-corrected chi connectivity index (χ4v) is 3.86. The number of hydrogen-bond donors (Lipinski definition) is 1. The van der Waals surface area contributed by atoms with E-state index in [1.54, 1.807) is 0 Å². The lowest BCUT2D eigenvalue weighted by atomic mass is 9.90. The van der Waals surface area contributed by atoms with Crippen molar-refractivity contribution in [3.63, 3.8) is 0 Å². The number of nitrogens with one attached hydrogen (secondary N) is 1. The molecule has 2 unspecified atom stereocenters. The van der Waals surface area contributed by atoms with Crippen molar-refractivity contribution in [3.05, 3.63) is 0 Å². The first-order chi connectivity index (χ1) is 9.19. The molecule has 3 aliphatic rings. The summed E-state index contributed by atoms with van der Waals surface area (Å²) < 4.78 is 11.6. The van der Waals surface area contributed by atoms with Crippen molar-refractivity contribution < 1.29 is 9.47 Å². The Kier molecular flexibility index (Phi) is 4.13. The number of nitrogens with zero attached hydrogens (tertiary/aromatic N) is 1. The van der Waals surface area contributed by atoms with Gasteiger partial charge >= 0.3 is 0 Å². The van der Waals surface area contributed by atoms with Gasteiger partial charge in [0.15, 0.2) is 5.79 Å². The summed E-state index contributed by atoms with van der Waals surface area (Å²) in [4.78, 5) is 0. The van der Waals surface area contributed by atoms with E-state index >= 15 is 0 Å². The van der Waals surface area contributed by atoms with Crippen molar-refractivity contribution >= 4 is 0 Å². The van der Waals surface area contributed by atoms with Gasteiger partial charge in [0.2, 0.25) is 0 Å². The van der Waals surface area contributed by atoms with Crippen LogP contribution >= 0.6 is 0 Å². The van der Waals surface area contributed by atoms with Gasteiger partial charge in [-0.05, 0) is 39.5 Å². The fourth-order valence-electron chi connectivity index (χ4n) is 3.86. The second-order valence-electron chi connectivity index (χ2n) is 6.55. The van der Waals surface area contributed by atoms with E-state index in [0.717, 1.165) is 38.9 Å². The summed E-state index contributed by atoms with van der Waals surface area (Å²) in [5, 5.41) is 2.50. The molecule has 4 nitrogen and oxygen atoms in total. The fraction of sp³-hybridized carbons (Fsp3) is 1.00. The lowest BCUT2D eigenvalue weighted by molar-refractivity contribution is -0.182. The topological polar surface area (TPSA) is 33.7 Å². The maximum atomic E-state index is 5.80. The predicted octanol–water partition coefficient (Wildman–Crippen LogP) is 2.44. The second kappa shape index (κ2) is 5.68. The Bertz CT molecular complexity index is 285. The predicted molar refractivity (Wildman–Crippen MR) is 74.6 cm³/mol. The van der Waals surface area contributed by atoms with Crippen LogP contribution < -0.4 is 5.43 Å². The minimum atomic E-state index is -0.225. The van der Waals surface area contributed by atoms with Crippen molar-refractivity contribution in [3.8, 4) is 0 Å². The van der Waals surface area contributed by atoms with Gasteiger partial charge in [0.25, 0.3) is 0 Å². The van der Waals surface area contributed by atoms with Gasteiger partial charge in [-0.15, -0.1) is 0 Å². The zero-order valence-electron chi connectivity index (χ0n) is 12.4. The van der Waals surface area contributed by atoms with E-state index in [2.05, 4.69) is 24.3 Å². The molecule has 2 saturated heterocycles. The smallest absolute Gasteiger partial charge is 0.168 e. The number of piperidine rings is 1. The Hall–Kier alpha value is -0.160.